The fraction of sp³-hybridized carbons (Fsp3) is 0.219. The second-order valence-electron chi connectivity index (χ2n) is 9.96. The Balaban J connectivity index is 1.53. The van der Waals surface area contributed by atoms with Crippen molar-refractivity contribution >= 4 is 40.7 Å². The molecule has 0 spiro atoms. The zero-order chi connectivity index (χ0) is 31.5. The van der Waals surface area contributed by atoms with Gasteiger partial charge in [0.1, 0.15) is 6.61 Å². The topological polar surface area (TPSA) is 122 Å². The van der Waals surface area contributed by atoms with Crippen LogP contribution in [-0.4, -0.2) is 29.2 Å². The Kier molecular flexibility index (Phi) is 8.98. The first kappa shape index (κ1) is 30.7. The van der Waals surface area contributed by atoms with E-state index in [1.165, 1.54) is 35.1 Å². The van der Waals surface area contributed by atoms with Crippen LogP contribution >= 0.6 is 22.9 Å². The van der Waals surface area contributed by atoms with Gasteiger partial charge >= 0.3 is 5.97 Å². The Labute approximate surface area is 261 Å². The van der Waals surface area contributed by atoms with Gasteiger partial charge in [0.15, 0.2) is 16.3 Å². The second kappa shape index (κ2) is 12.9. The molecule has 0 N–H and O–H groups in total. The number of esters is 1. The summed E-state index contributed by atoms with van der Waals surface area (Å²) in [6.07, 6.45) is 1.69. The number of carbonyl (C=O) groups excluding carboxylic acids is 1. The molecule has 0 saturated carbocycles. The van der Waals surface area contributed by atoms with Gasteiger partial charge in [-0.2, -0.15) is 0 Å². The van der Waals surface area contributed by atoms with Crippen molar-refractivity contribution in [3.8, 4) is 11.5 Å². The third kappa shape index (κ3) is 6.15. The molecule has 226 valence electrons. The maximum absolute atomic E-state index is 13.9. The summed E-state index contributed by atoms with van der Waals surface area (Å²) >= 11 is 7.80. The number of non-ortho nitro benzene ring substituents is 1. The van der Waals surface area contributed by atoms with Crippen molar-refractivity contribution in [3.05, 3.63) is 129 Å². The maximum Gasteiger partial charge on any atom is 0.338 e. The number of methoxy groups -OCH3 is 1. The predicted molar refractivity (Wildman–Crippen MR) is 167 cm³/mol. The molecule has 0 aliphatic carbocycles. The van der Waals surface area contributed by atoms with Crippen LogP contribution < -0.4 is 24.4 Å². The number of nitro groups is 1. The summed E-state index contributed by atoms with van der Waals surface area (Å²) in [5, 5.41) is 11.2. The van der Waals surface area contributed by atoms with Gasteiger partial charge in [-0.3, -0.25) is 19.5 Å². The van der Waals surface area contributed by atoms with Crippen LogP contribution in [-0.2, 0) is 16.1 Å². The van der Waals surface area contributed by atoms with Crippen LogP contribution in [0.1, 0.15) is 42.1 Å². The largest absolute Gasteiger partial charge is 0.493 e. The molecule has 1 aliphatic heterocycles. The molecule has 0 fully saturated rings. The zero-order valence-electron chi connectivity index (χ0n) is 24.3. The van der Waals surface area contributed by atoms with Crippen LogP contribution in [0.2, 0.25) is 5.02 Å². The van der Waals surface area contributed by atoms with Crippen molar-refractivity contribution in [2.75, 3.05) is 13.7 Å². The molecule has 2 heterocycles. The van der Waals surface area contributed by atoms with E-state index in [2.05, 4.69) is 4.99 Å². The minimum Gasteiger partial charge on any atom is -0.493 e. The van der Waals surface area contributed by atoms with Crippen LogP contribution in [0.4, 0.5) is 5.69 Å². The van der Waals surface area contributed by atoms with Crippen molar-refractivity contribution < 1.29 is 23.9 Å². The van der Waals surface area contributed by atoms with E-state index in [4.69, 9.17) is 25.8 Å². The fourth-order valence-corrected chi connectivity index (χ4v) is 6.16. The highest BCUT2D eigenvalue weighted by molar-refractivity contribution is 7.07. The van der Waals surface area contributed by atoms with Gasteiger partial charge < -0.3 is 14.2 Å². The molecular formula is C32H28ClN3O7S. The van der Waals surface area contributed by atoms with Crippen molar-refractivity contribution in [1.82, 2.24) is 4.57 Å². The number of ether oxygens (including phenoxy) is 3. The molecule has 3 aromatic carbocycles. The number of aromatic nitrogens is 1. The Morgan fingerprint density at radius 3 is 2.48 bits per heavy atom. The quantitative estimate of drug-likeness (QED) is 0.140. The fourth-order valence-electron chi connectivity index (χ4n) is 4.84. The maximum atomic E-state index is 13.9. The minimum atomic E-state index is -0.707. The third-order valence-corrected chi connectivity index (χ3v) is 8.25. The smallest absolute Gasteiger partial charge is 0.338 e. The van der Waals surface area contributed by atoms with Gasteiger partial charge in [0.25, 0.3) is 11.2 Å². The molecule has 0 bridgehead atoms. The second-order valence-corrected chi connectivity index (χ2v) is 11.4. The summed E-state index contributed by atoms with van der Waals surface area (Å²) < 4.78 is 18.7. The Hall–Kier alpha value is -4.74. The standard InChI is InChI=1S/C32H28ClN3O7S/c1-5-42-31(38)27-19(3)34-32-35(28(27)22-10-6-18(2)7-11-22)30(37)26(44-32)16-21-14-24(33)29(25(15-21)41-4)43-17-20-8-12-23(13-9-20)36(39)40/h6-16,28H,5,17H2,1-4H3/b26-16+/t28-/m1/s1. The summed E-state index contributed by atoms with van der Waals surface area (Å²) in [7, 11) is 1.48. The van der Waals surface area contributed by atoms with Crippen molar-refractivity contribution in [3.63, 3.8) is 0 Å². The van der Waals surface area contributed by atoms with E-state index < -0.39 is 16.9 Å². The number of benzene rings is 3. The number of hydrogen-bond donors (Lipinski definition) is 0. The number of halogens is 1. The average molecular weight is 634 g/mol. The first-order valence-corrected chi connectivity index (χ1v) is 14.8. The number of aryl methyl sites for hydroxylation is 1. The molecule has 10 nitrogen and oxygen atoms in total. The van der Waals surface area contributed by atoms with Gasteiger partial charge in [0.2, 0.25) is 0 Å². The van der Waals surface area contributed by atoms with Crippen LogP contribution in [0.3, 0.4) is 0 Å². The first-order chi connectivity index (χ1) is 21.1. The van der Waals surface area contributed by atoms with Gasteiger partial charge in [0.05, 0.1) is 45.5 Å². The van der Waals surface area contributed by atoms with Crippen LogP contribution in [0.25, 0.3) is 6.08 Å². The van der Waals surface area contributed by atoms with Crippen molar-refractivity contribution in [2.45, 2.75) is 33.4 Å². The molecule has 1 aliphatic rings. The lowest BCUT2D eigenvalue weighted by atomic mass is 9.95. The molecular weight excluding hydrogens is 606 g/mol. The molecule has 1 atom stereocenters. The Morgan fingerprint density at radius 2 is 1.84 bits per heavy atom. The third-order valence-electron chi connectivity index (χ3n) is 6.99. The number of carbonyl (C=O) groups is 1. The summed E-state index contributed by atoms with van der Waals surface area (Å²) in [6, 6.07) is 16.3. The van der Waals surface area contributed by atoms with Crippen LogP contribution in [0.15, 0.2) is 81.7 Å². The average Bonchev–Trinajstić information content (AvgIpc) is 3.30. The van der Waals surface area contributed by atoms with E-state index in [-0.39, 0.29) is 29.5 Å². The van der Waals surface area contributed by atoms with Gasteiger partial charge in [-0.05, 0) is 67.8 Å². The summed E-state index contributed by atoms with van der Waals surface area (Å²) in [4.78, 5) is 42.5. The van der Waals surface area contributed by atoms with E-state index in [1.807, 2.05) is 31.2 Å². The van der Waals surface area contributed by atoms with Crippen molar-refractivity contribution in [1.29, 1.82) is 0 Å². The highest BCUT2D eigenvalue weighted by Gasteiger charge is 2.33. The highest BCUT2D eigenvalue weighted by atomic mass is 35.5. The Bertz CT molecular complexity index is 1960. The molecule has 0 saturated heterocycles. The number of nitrogens with zero attached hydrogens (tertiary/aromatic N) is 3. The molecule has 0 amide bonds. The molecule has 0 radical (unpaired) electrons. The van der Waals surface area contributed by atoms with Crippen LogP contribution in [0, 0.1) is 17.0 Å². The number of fused-ring (bicyclic) bond motifs is 1. The van der Waals surface area contributed by atoms with E-state index in [0.717, 1.165) is 11.1 Å². The molecule has 12 heteroatoms. The molecule has 4 aromatic rings. The number of nitro benzene ring substituents is 1. The predicted octanol–water partition coefficient (Wildman–Crippen LogP) is 5.26. The summed E-state index contributed by atoms with van der Waals surface area (Å²) in [6.45, 7) is 5.73. The van der Waals surface area contributed by atoms with Gasteiger partial charge in [-0.25, -0.2) is 9.79 Å². The lowest BCUT2D eigenvalue weighted by Gasteiger charge is -2.24. The molecule has 0 unspecified atom stereocenters. The van der Waals surface area contributed by atoms with Crippen LogP contribution in [0.5, 0.6) is 11.5 Å². The molecule has 5 rings (SSSR count). The molecule has 44 heavy (non-hydrogen) atoms. The SMILES string of the molecule is CCOC(=O)C1=C(C)N=c2s/c(=C/c3cc(Cl)c(OCc4ccc([N+](=O)[O-])cc4)c(OC)c3)c(=O)n2[C@@H]1c1ccc(C)cc1. The van der Waals surface area contributed by atoms with E-state index in [1.54, 1.807) is 44.2 Å². The lowest BCUT2D eigenvalue weighted by molar-refractivity contribution is -0.384. The molecule has 1 aromatic heterocycles. The van der Waals surface area contributed by atoms with Gasteiger partial charge in [-0.15, -0.1) is 0 Å². The van der Waals surface area contributed by atoms with E-state index in [9.17, 15) is 19.7 Å². The number of allylic oxidation sites excluding steroid dienone is 1. The van der Waals surface area contributed by atoms with E-state index >= 15 is 0 Å². The van der Waals surface area contributed by atoms with E-state index in [0.29, 0.717) is 43.2 Å². The van der Waals surface area contributed by atoms with Gasteiger partial charge in [0, 0.05) is 12.1 Å². The number of thiazole rings is 1. The summed E-state index contributed by atoms with van der Waals surface area (Å²) in [5.74, 6) is 0.117. The lowest BCUT2D eigenvalue weighted by Crippen LogP contribution is -2.39. The number of hydrogen-bond acceptors (Lipinski definition) is 9. The summed E-state index contributed by atoms with van der Waals surface area (Å²) in [5.41, 5.74) is 3.58. The van der Waals surface area contributed by atoms with Crippen molar-refractivity contribution in [2.24, 2.45) is 4.99 Å². The monoisotopic (exact) mass is 633 g/mol. The highest BCUT2D eigenvalue weighted by Crippen LogP contribution is 2.37. The zero-order valence-corrected chi connectivity index (χ0v) is 25.9. The number of rotatable bonds is 9. The van der Waals surface area contributed by atoms with Gasteiger partial charge in [-0.1, -0.05) is 52.8 Å². The first-order valence-electron chi connectivity index (χ1n) is 13.6. The normalized spacial score (nSPS) is 14.6. The minimum absolute atomic E-state index is 0.0172. The Morgan fingerprint density at radius 1 is 1.14 bits per heavy atom.